The molecule has 0 aromatic carbocycles. The lowest BCUT2D eigenvalue weighted by Gasteiger charge is -2.43. The Morgan fingerprint density at radius 1 is 1.03 bits per heavy atom. The summed E-state index contributed by atoms with van der Waals surface area (Å²) in [5.74, 6) is 0. The molecule has 0 unspecified atom stereocenters. The number of nitriles is 1. The lowest BCUT2D eigenvalue weighted by molar-refractivity contribution is -0.172. The monoisotopic (exact) mass is 486 g/mol. The molecule has 2 saturated heterocycles. The number of fused-ring (bicyclic) bond motifs is 2. The molecule has 0 aromatic rings. The molecule has 9 nitrogen and oxygen atoms in total. The van der Waals surface area contributed by atoms with Crippen molar-refractivity contribution in [2.75, 3.05) is 13.1 Å². The van der Waals surface area contributed by atoms with Crippen molar-refractivity contribution in [3.63, 3.8) is 0 Å². The summed E-state index contributed by atoms with van der Waals surface area (Å²) in [5, 5.41) is 11.8. The van der Waals surface area contributed by atoms with E-state index in [4.69, 9.17) is 8.57 Å². The number of carbonyl (C=O) groups excluding carboxylic acids is 1. The number of carbonyl (C=O) groups is 1. The molecule has 2 heterocycles. The van der Waals surface area contributed by atoms with Crippen molar-refractivity contribution in [2.45, 2.75) is 122 Å². The molecule has 2 amide bonds. The topological polar surface area (TPSA) is 103 Å². The Hall–Kier alpha value is -1.41. The number of piperidine rings is 1. The van der Waals surface area contributed by atoms with Crippen LogP contribution < -0.4 is 0 Å². The van der Waals surface area contributed by atoms with Crippen molar-refractivity contribution in [3.8, 4) is 6.07 Å². The zero-order valence-electron chi connectivity index (χ0n) is 20.8. The third kappa shape index (κ3) is 7.04. The zero-order chi connectivity index (χ0) is 24.5. The first-order valence-corrected chi connectivity index (χ1v) is 14.0. The number of amides is 2. The van der Waals surface area contributed by atoms with E-state index >= 15 is 0 Å². The lowest BCUT2D eigenvalue weighted by Crippen LogP contribution is -2.51. The smallest absolute Gasteiger partial charge is 0.305 e. The molecule has 0 radical (unpaired) electrons. The normalized spacial score (nSPS) is 21.2. The fourth-order valence-corrected chi connectivity index (χ4v) is 5.83. The van der Waals surface area contributed by atoms with Gasteiger partial charge in [-0.05, 0) is 38.5 Å². The van der Waals surface area contributed by atoms with Gasteiger partial charge < -0.3 is 4.90 Å². The first-order valence-electron chi connectivity index (χ1n) is 12.7. The van der Waals surface area contributed by atoms with E-state index in [1.165, 1.54) is 4.90 Å². The van der Waals surface area contributed by atoms with E-state index in [1.807, 2.05) is 0 Å². The van der Waals surface area contributed by atoms with Gasteiger partial charge in [0.15, 0.2) is 0 Å². The number of unbranched alkanes of at least 4 members (excludes halogenated alkanes) is 3. The van der Waals surface area contributed by atoms with E-state index in [0.29, 0.717) is 25.9 Å². The maximum atomic E-state index is 13.1. The van der Waals surface area contributed by atoms with Crippen molar-refractivity contribution in [2.24, 2.45) is 0 Å². The Kier molecular flexibility index (Phi) is 10.9. The van der Waals surface area contributed by atoms with Crippen LogP contribution in [0.5, 0.6) is 0 Å². The SMILES string of the molecule is CCCCN(OS(=O)(=O)ON1C(=O)N2C[C@H]1CC[C@H]2C#N)C(CCC)(CCCC)CCCC. The van der Waals surface area contributed by atoms with Crippen molar-refractivity contribution in [3.05, 3.63) is 0 Å². The summed E-state index contributed by atoms with van der Waals surface area (Å²) in [6.45, 7) is 9.21. The number of hydrogen-bond acceptors (Lipinski definition) is 7. The molecule has 2 aliphatic heterocycles. The maximum absolute atomic E-state index is 13.1. The van der Waals surface area contributed by atoms with Crippen molar-refractivity contribution >= 4 is 16.4 Å². The van der Waals surface area contributed by atoms with Gasteiger partial charge >= 0.3 is 16.4 Å². The van der Waals surface area contributed by atoms with Crippen molar-refractivity contribution in [1.29, 1.82) is 5.26 Å². The van der Waals surface area contributed by atoms with Gasteiger partial charge in [0.25, 0.3) is 0 Å². The Labute approximate surface area is 200 Å². The summed E-state index contributed by atoms with van der Waals surface area (Å²) in [5.41, 5.74) is -0.396. The zero-order valence-corrected chi connectivity index (χ0v) is 21.6. The fourth-order valence-electron chi connectivity index (χ4n) is 4.97. The van der Waals surface area contributed by atoms with E-state index in [9.17, 15) is 18.5 Å². The molecular formula is C23H42N4O5S. The molecule has 10 heteroatoms. The number of nitrogens with zero attached hydrogens (tertiary/aromatic N) is 4. The highest BCUT2D eigenvalue weighted by Crippen LogP contribution is 2.36. The first-order chi connectivity index (χ1) is 15.8. The van der Waals surface area contributed by atoms with Crippen molar-refractivity contribution in [1.82, 2.24) is 15.0 Å². The van der Waals surface area contributed by atoms with Crippen LogP contribution >= 0.6 is 0 Å². The Morgan fingerprint density at radius 3 is 2.21 bits per heavy atom. The average Bonchev–Trinajstić information content (AvgIpc) is 3.03. The second kappa shape index (κ2) is 12.9. The standard InChI is InChI=1S/C23H42N4O5S/c1-5-9-15-23(14-8-4,16-10-6-2)26(17-11-7-3)31-33(29,30)32-27-21-13-12-20(18-24)25(19-21)22(27)28/h20-21H,5-17,19H2,1-4H3/t20-,21+/m0/s1. The molecule has 190 valence electrons. The molecular weight excluding hydrogens is 444 g/mol. The van der Waals surface area contributed by atoms with Crippen LogP contribution in [0.15, 0.2) is 0 Å². The van der Waals surface area contributed by atoms with Crippen LogP contribution in [-0.4, -0.2) is 60.2 Å². The molecule has 2 aliphatic rings. The third-order valence-electron chi connectivity index (χ3n) is 6.78. The minimum atomic E-state index is -4.52. The van der Waals surface area contributed by atoms with Crippen LogP contribution in [0.3, 0.4) is 0 Å². The number of urea groups is 1. The minimum absolute atomic E-state index is 0.291. The largest absolute Gasteiger partial charge is 0.437 e. The minimum Gasteiger partial charge on any atom is -0.305 e. The molecule has 2 fully saturated rings. The molecule has 0 N–H and O–H groups in total. The molecule has 33 heavy (non-hydrogen) atoms. The van der Waals surface area contributed by atoms with Gasteiger partial charge in [-0.2, -0.15) is 28.1 Å². The van der Waals surface area contributed by atoms with Crippen LogP contribution in [0, 0.1) is 11.3 Å². The van der Waals surface area contributed by atoms with Crippen molar-refractivity contribution < 1.29 is 21.8 Å². The van der Waals surface area contributed by atoms with Gasteiger partial charge in [0.1, 0.15) is 6.04 Å². The maximum Gasteiger partial charge on any atom is 0.437 e. The molecule has 0 aromatic heterocycles. The summed E-state index contributed by atoms with van der Waals surface area (Å²) in [6.07, 6.45) is 10.1. The van der Waals surface area contributed by atoms with Crippen LogP contribution in [0.1, 0.15) is 105 Å². The van der Waals surface area contributed by atoms with Gasteiger partial charge in [-0.15, -0.1) is 4.28 Å². The van der Waals surface area contributed by atoms with Gasteiger partial charge in [0.2, 0.25) is 0 Å². The number of hydroxylamine groups is 4. The van der Waals surface area contributed by atoms with Crippen LogP contribution in [0.4, 0.5) is 4.79 Å². The molecule has 0 saturated carbocycles. The summed E-state index contributed by atoms with van der Waals surface area (Å²) in [6, 6.07) is 0.571. The Balaban J connectivity index is 2.25. The molecule has 0 aliphatic carbocycles. The van der Waals surface area contributed by atoms with Gasteiger partial charge in [0, 0.05) is 18.6 Å². The van der Waals surface area contributed by atoms with E-state index in [0.717, 1.165) is 69.3 Å². The lowest BCUT2D eigenvalue weighted by atomic mass is 9.82. The molecule has 2 atom stereocenters. The summed E-state index contributed by atoms with van der Waals surface area (Å²) in [4.78, 5) is 14.1. The van der Waals surface area contributed by atoms with E-state index in [1.54, 1.807) is 5.06 Å². The second-order valence-corrected chi connectivity index (χ2v) is 10.4. The Morgan fingerprint density at radius 2 is 1.67 bits per heavy atom. The third-order valence-corrected chi connectivity index (χ3v) is 7.48. The Bertz CT molecular complexity index is 761. The number of hydrogen-bond donors (Lipinski definition) is 0. The average molecular weight is 487 g/mol. The van der Waals surface area contributed by atoms with E-state index in [2.05, 4.69) is 33.8 Å². The van der Waals surface area contributed by atoms with Gasteiger partial charge in [-0.3, -0.25) is 0 Å². The van der Waals surface area contributed by atoms with E-state index < -0.39 is 34.1 Å². The van der Waals surface area contributed by atoms with Crippen LogP contribution in [0.25, 0.3) is 0 Å². The molecule has 2 bridgehead atoms. The summed E-state index contributed by atoms with van der Waals surface area (Å²) in [7, 11) is -4.52. The van der Waals surface area contributed by atoms with E-state index in [-0.39, 0.29) is 0 Å². The summed E-state index contributed by atoms with van der Waals surface area (Å²) >= 11 is 0. The predicted octanol–water partition coefficient (Wildman–Crippen LogP) is 4.91. The summed E-state index contributed by atoms with van der Waals surface area (Å²) < 4.78 is 37.1. The highest BCUT2D eigenvalue weighted by molar-refractivity contribution is 7.81. The predicted molar refractivity (Wildman–Crippen MR) is 126 cm³/mol. The van der Waals surface area contributed by atoms with Crippen LogP contribution in [-0.2, 0) is 19.0 Å². The molecule has 2 rings (SSSR count). The fraction of sp³-hybridized carbons (Fsp3) is 0.913. The van der Waals surface area contributed by atoms with Gasteiger partial charge in [0.05, 0.1) is 12.1 Å². The highest BCUT2D eigenvalue weighted by Gasteiger charge is 2.48. The quantitative estimate of drug-likeness (QED) is 0.286. The van der Waals surface area contributed by atoms with Crippen LogP contribution in [0.2, 0.25) is 0 Å². The van der Waals surface area contributed by atoms with Gasteiger partial charge in [-0.1, -0.05) is 66.2 Å². The first kappa shape index (κ1) is 27.8. The number of rotatable bonds is 16. The molecule has 0 spiro atoms. The highest BCUT2D eigenvalue weighted by atomic mass is 32.3. The second-order valence-electron chi connectivity index (χ2n) is 9.33. The van der Waals surface area contributed by atoms with Gasteiger partial charge in [-0.25, -0.2) is 4.79 Å².